The first-order valence-electron chi connectivity index (χ1n) is 8.11. The first kappa shape index (κ1) is 19.9. The smallest absolute Gasteiger partial charge is 0.248 e. The number of sulfonamides is 1. The van der Waals surface area contributed by atoms with Crippen molar-refractivity contribution in [3.63, 3.8) is 0 Å². The molecule has 3 rings (SSSR count). The van der Waals surface area contributed by atoms with Gasteiger partial charge in [-0.25, -0.2) is 13.6 Å². The van der Waals surface area contributed by atoms with Gasteiger partial charge in [0.05, 0.1) is 4.90 Å². The highest BCUT2D eigenvalue weighted by atomic mass is 35.5. The standard InChI is InChI=1S/C17H17ClN6O3S/c1-10-6-14(28(19,26)27)8-15(11(10)2)20-16(25)9-24-22-17(21-23-24)12-4-3-5-13(18)7-12/h3-8H,9H2,1-2H3,(H,20,25)(H2,19,26,27). The second-order valence-electron chi connectivity index (χ2n) is 6.16. The van der Waals surface area contributed by atoms with Crippen LogP contribution in [0.25, 0.3) is 11.4 Å². The van der Waals surface area contributed by atoms with Gasteiger partial charge in [0.2, 0.25) is 21.8 Å². The lowest BCUT2D eigenvalue weighted by molar-refractivity contribution is -0.117. The van der Waals surface area contributed by atoms with Crippen LogP contribution in [-0.2, 0) is 21.4 Å². The number of amides is 1. The molecule has 1 aromatic heterocycles. The van der Waals surface area contributed by atoms with Crippen LogP contribution in [0.1, 0.15) is 11.1 Å². The molecule has 9 nitrogen and oxygen atoms in total. The molecule has 0 atom stereocenters. The second kappa shape index (κ2) is 7.66. The molecule has 1 amide bonds. The van der Waals surface area contributed by atoms with Gasteiger partial charge in [-0.05, 0) is 54.5 Å². The Hall–Kier alpha value is -2.82. The molecule has 2 aromatic carbocycles. The molecule has 11 heteroatoms. The van der Waals surface area contributed by atoms with Crippen LogP contribution in [0.5, 0.6) is 0 Å². The van der Waals surface area contributed by atoms with Crippen molar-refractivity contribution in [3.8, 4) is 11.4 Å². The third-order valence-electron chi connectivity index (χ3n) is 4.06. The predicted octanol–water partition coefficient (Wildman–Crippen LogP) is 1.90. The lowest BCUT2D eigenvalue weighted by Gasteiger charge is -2.12. The highest BCUT2D eigenvalue weighted by molar-refractivity contribution is 7.89. The lowest BCUT2D eigenvalue weighted by Crippen LogP contribution is -2.21. The maximum Gasteiger partial charge on any atom is 0.248 e. The van der Waals surface area contributed by atoms with Crippen LogP contribution in [0.15, 0.2) is 41.3 Å². The fourth-order valence-electron chi connectivity index (χ4n) is 2.49. The number of primary sulfonamides is 1. The summed E-state index contributed by atoms with van der Waals surface area (Å²) >= 11 is 5.95. The van der Waals surface area contributed by atoms with Crippen LogP contribution in [0, 0.1) is 13.8 Å². The van der Waals surface area contributed by atoms with E-state index in [2.05, 4.69) is 20.7 Å². The first-order chi connectivity index (χ1) is 13.1. The highest BCUT2D eigenvalue weighted by Gasteiger charge is 2.15. The number of hydrogen-bond acceptors (Lipinski definition) is 6. The molecule has 0 aliphatic rings. The molecule has 0 aliphatic carbocycles. The number of tetrazole rings is 1. The fraction of sp³-hybridized carbons (Fsp3) is 0.176. The number of carbonyl (C=O) groups is 1. The zero-order valence-electron chi connectivity index (χ0n) is 15.0. The number of nitrogens with two attached hydrogens (primary N) is 1. The Labute approximate surface area is 166 Å². The van der Waals surface area contributed by atoms with Crippen molar-refractivity contribution < 1.29 is 13.2 Å². The van der Waals surface area contributed by atoms with E-state index in [1.807, 2.05) is 0 Å². The van der Waals surface area contributed by atoms with Crippen LogP contribution in [0.3, 0.4) is 0 Å². The van der Waals surface area contributed by atoms with Crippen LogP contribution in [0.4, 0.5) is 5.69 Å². The molecule has 3 N–H and O–H groups in total. The summed E-state index contributed by atoms with van der Waals surface area (Å²) in [6.45, 7) is 3.30. The Morgan fingerprint density at radius 2 is 2.00 bits per heavy atom. The SMILES string of the molecule is Cc1cc(S(N)(=O)=O)cc(NC(=O)Cn2nnc(-c3cccc(Cl)c3)n2)c1C. The highest BCUT2D eigenvalue weighted by Crippen LogP contribution is 2.23. The maximum atomic E-state index is 12.4. The number of carbonyl (C=O) groups excluding carboxylic acids is 1. The van der Waals surface area contributed by atoms with Crippen LogP contribution < -0.4 is 10.5 Å². The summed E-state index contributed by atoms with van der Waals surface area (Å²) in [7, 11) is -3.89. The number of nitrogens with zero attached hydrogens (tertiary/aromatic N) is 4. The third-order valence-corrected chi connectivity index (χ3v) is 5.19. The van der Waals surface area contributed by atoms with Gasteiger partial charge < -0.3 is 5.32 Å². The molecule has 0 unspecified atom stereocenters. The number of hydrogen-bond donors (Lipinski definition) is 2. The maximum absolute atomic E-state index is 12.4. The Balaban J connectivity index is 1.77. The number of anilines is 1. The summed E-state index contributed by atoms with van der Waals surface area (Å²) in [6, 6.07) is 9.72. The van der Waals surface area contributed by atoms with Gasteiger partial charge in [0, 0.05) is 16.3 Å². The van der Waals surface area contributed by atoms with E-state index in [0.29, 0.717) is 27.7 Å². The molecule has 146 valence electrons. The van der Waals surface area contributed by atoms with Gasteiger partial charge in [-0.2, -0.15) is 4.80 Å². The molecule has 0 saturated carbocycles. The largest absolute Gasteiger partial charge is 0.324 e. The summed E-state index contributed by atoms with van der Waals surface area (Å²) in [5.74, 6) is -0.109. The third kappa shape index (κ3) is 4.53. The minimum Gasteiger partial charge on any atom is -0.324 e. The van der Waals surface area contributed by atoms with E-state index in [1.54, 1.807) is 38.1 Å². The van der Waals surface area contributed by atoms with Crippen molar-refractivity contribution in [3.05, 3.63) is 52.5 Å². The number of halogens is 1. The number of benzene rings is 2. The van der Waals surface area contributed by atoms with Gasteiger partial charge in [-0.3, -0.25) is 4.79 Å². The normalized spacial score (nSPS) is 11.4. The van der Waals surface area contributed by atoms with Gasteiger partial charge in [0.25, 0.3) is 0 Å². The Bertz CT molecular complexity index is 1160. The number of nitrogens with one attached hydrogen (secondary N) is 1. The van der Waals surface area contributed by atoms with Crippen molar-refractivity contribution >= 4 is 33.2 Å². The van der Waals surface area contributed by atoms with Gasteiger partial charge >= 0.3 is 0 Å². The lowest BCUT2D eigenvalue weighted by atomic mass is 10.1. The van der Waals surface area contributed by atoms with Gasteiger partial charge in [-0.1, -0.05) is 23.7 Å². The summed E-state index contributed by atoms with van der Waals surface area (Å²) in [6.07, 6.45) is 0. The molecule has 0 saturated heterocycles. The predicted molar refractivity (Wildman–Crippen MR) is 104 cm³/mol. The van der Waals surface area contributed by atoms with Gasteiger partial charge in [0.1, 0.15) is 6.54 Å². The molecular formula is C17H17ClN6O3S. The minimum absolute atomic E-state index is 0.0759. The fourth-order valence-corrected chi connectivity index (χ4v) is 3.31. The second-order valence-corrected chi connectivity index (χ2v) is 8.16. The van der Waals surface area contributed by atoms with E-state index in [9.17, 15) is 13.2 Å². The van der Waals surface area contributed by atoms with Crippen molar-refractivity contribution in [2.24, 2.45) is 5.14 Å². The van der Waals surface area contributed by atoms with E-state index in [4.69, 9.17) is 16.7 Å². The van der Waals surface area contributed by atoms with E-state index >= 15 is 0 Å². The molecular weight excluding hydrogens is 404 g/mol. The molecule has 0 fully saturated rings. The van der Waals surface area contributed by atoms with Crippen molar-refractivity contribution in [2.45, 2.75) is 25.3 Å². The molecule has 0 spiro atoms. The van der Waals surface area contributed by atoms with Crippen molar-refractivity contribution in [1.29, 1.82) is 0 Å². The van der Waals surface area contributed by atoms with E-state index in [1.165, 1.54) is 12.1 Å². The molecule has 0 radical (unpaired) electrons. The monoisotopic (exact) mass is 420 g/mol. The quantitative estimate of drug-likeness (QED) is 0.647. The van der Waals surface area contributed by atoms with Gasteiger partial charge in [-0.15, -0.1) is 10.2 Å². The topological polar surface area (TPSA) is 133 Å². The zero-order chi connectivity index (χ0) is 20.5. The van der Waals surface area contributed by atoms with Gasteiger partial charge in [0.15, 0.2) is 0 Å². The Kier molecular flexibility index (Phi) is 5.45. The molecule has 3 aromatic rings. The Morgan fingerprint density at radius 3 is 2.68 bits per heavy atom. The minimum atomic E-state index is -3.89. The average Bonchev–Trinajstić information content (AvgIpc) is 3.06. The summed E-state index contributed by atoms with van der Waals surface area (Å²) in [4.78, 5) is 13.4. The van der Waals surface area contributed by atoms with Crippen molar-refractivity contribution in [2.75, 3.05) is 5.32 Å². The molecule has 1 heterocycles. The summed E-state index contributed by atoms with van der Waals surface area (Å²) in [5, 5.41) is 20.3. The summed E-state index contributed by atoms with van der Waals surface area (Å²) in [5.41, 5.74) is 2.44. The molecule has 0 bridgehead atoms. The number of rotatable bonds is 5. The first-order valence-corrected chi connectivity index (χ1v) is 10.0. The van der Waals surface area contributed by atoms with Crippen LogP contribution in [-0.4, -0.2) is 34.5 Å². The van der Waals surface area contributed by atoms with E-state index in [-0.39, 0.29) is 11.4 Å². The molecule has 28 heavy (non-hydrogen) atoms. The van der Waals surface area contributed by atoms with Crippen LogP contribution in [0.2, 0.25) is 5.02 Å². The van der Waals surface area contributed by atoms with Crippen molar-refractivity contribution in [1.82, 2.24) is 20.2 Å². The average molecular weight is 421 g/mol. The Morgan fingerprint density at radius 1 is 1.25 bits per heavy atom. The van der Waals surface area contributed by atoms with E-state index in [0.717, 1.165) is 10.4 Å². The zero-order valence-corrected chi connectivity index (χ0v) is 16.6. The van der Waals surface area contributed by atoms with E-state index < -0.39 is 15.9 Å². The number of aromatic nitrogens is 4. The molecule has 0 aliphatic heterocycles. The summed E-state index contributed by atoms with van der Waals surface area (Å²) < 4.78 is 23.2. The number of aryl methyl sites for hydroxylation is 1. The van der Waals surface area contributed by atoms with Crippen LogP contribution >= 0.6 is 11.6 Å².